The summed E-state index contributed by atoms with van der Waals surface area (Å²) >= 11 is 6.29. The number of halogens is 1. The molecule has 2 saturated heterocycles. The fraction of sp³-hybridized carbons (Fsp3) is 0.750. The van der Waals surface area contributed by atoms with Crippen molar-refractivity contribution in [2.45, 2.75) is 39.5 Å². The fourth-order valence-corrected chi connectivity index (χ4v) is 3.71. The summed E-state index contributed by atoms with van der Waals surface area (Å²) in [5.41, 5.74) is 1.90. The lowest BCUT2D eigenvalue weighted by Gasteiger charge is -2.34. The quantitative estimate of drug-likeness (QED) is 0.859. The van der Waals surface area contributed by atoms with Gasteiger partial charge in [-0.15, -0.1) is 0 Å². The first-order chi connectivity index (χ1) is 10.1. The Bertz CT molecular complexity index is 491. The fourth-order valence-electron chi connectivity index (χ4n) is 3.42. The number of aromatic nitrogens is 2. The Morgan fingerprint density at radius 1 is 1.00 bits per heavy atom. The molecule has 21 heavy (non-hydrogen) atoms. The van der Waals surface area contributed by atoms with E-state index in [0.717, 1.165) is 36.2 Å². The van der Waals surface area contributed by atoms with E-state index in [2.05, 4.69) is 19.8 Å². The molecule has 4 nitrogen and oxygen atoms in total. The van der Waals surface area contributed by atoms with E-state index in [-0.39, 0.29) is 0 Å². The topological polar surface area (TPSA) is 32.3 Å². The number of hydrogen-bond acceptors (Lipinski definition) is 4. The molecule has 0 atom stereocenters. The molecule has 0 N–H and O–H groups in total. The predicted molar refractivity (Wildman–Crippen MR) is 87.1 cm³/mol. The Morgan fingerprint density at radius 3 is 2.29 bits per heavy atom. The van der Waals surface area contributed by atoms with Gasteiger partial charge in [-0.05, 0) is 58.5 Å². The van der Waals surface area contributed by atoms with Crippen LogP contribution in [0.1, 0.15) is 37.1 Å². The number of piperidine rings is 1. The second kappa shape index (κ2) is 6.49. The highest BCUT2D eigenvalue weighted by Crippen LogP contribution is 2.28. The summed E-state index contributed by atoms with van der Waals surface area (Å²) in [5.74, 6) is 1.71. The van der Waals surface area contributed by atoms with Gasteiger partial charge in [0.2, 0.25) is 0 Å². The molecule has 1 aromatic heterocycles. The Labute approximate surface area is 132 Å². The Balaban J connectivity index is 1.59. The summed E-state index contributed by atoms with van der Waals surface area (Å²) in [4.78, 5) is 14.0. The Hall–Kier alpha value is -0.870. The monoisotopic (exact) mass is 308 g/mol. The molecule has 0 bridgehead atoms. The van der Waals surface area contributed by atoms with E-state index in [1.807, 2.05) is 13.8 Å². The molecule has 0 aliphatic carbocycles. The normalized spacial score (nSPS) is 21.2. The molecule has 0 amide bonds. The van der Waals surface area contributed by atoms with E-state index in [0.29, 0.717) is 5.15 Å². The van der Waals surface area contributed by atoms with Crippen molar-refractivity contribution in [2.24, 2.45) is 5.92 Å². The van der Waals surface area contributed by atoms with Gasteiger partial charge in [0.05, 0.1) is 11.4 Å². The molecule has 0 spiro atoms. The van der Waals surface area contributed by atoms with Crippen molar-refractivity contribution < 1.29 is 0 Å². The van der Waals surface area contributed by atoms with Gasteiger partial charge in [0.15, 0.2) is 11.0 Å². The summed E-state index contributed by atoms with van der Waals surface area (Å²) in [6.07, 6.45) is 5.24. The predicted octanol–water partition coefficient (Wildman–Crippen LogP) is 3.06. The van der Waals surface area contributed by atoms with Crippen LogP contribution in [0.5, 0.6) is 0 Å². The van der Waals surface area contributed by atoms with Crippen LogP contribution in [0, 0.1) is 19.8 Å². The summed E-state index contributed by atoms with van der Waals surface area (Å²) in [6, 6.07) is 0. The van der Waals surface area contributed by atoms with Crippen molar-refractivity contribution >= 4 is 17.4 Å². The zero-order valence-corrected chi connectivity index (χ0v) is 13.9. The molecule has 3 rings (SSSR count). The van der Waals surface area contributed by atoms with Crippen LogP contribution in [-0.4, -0.2) is 47.6 Å². The maximum atomic E-state index is 6.29. The van der Waals surface area contributed by atoms with Crippen molar-refractivity contribution in [1.29, 1.82) is 0 Å². The molecule has 1 aromatic rings. The first-order valence-electron chi connectivity index (χ1n) is 8.11. The van der Waals surface area contributed by atoms with Crippen LogP contribution < -0.4 is 4.90 Å². The van der Waals surface area contributed by atoms with Gasteiger partial charge in [0, 0.05) is 19.6 Å². The average Bonchev–Trinajstić information content (AvgIpc) is 2.97. The van der Waals surface area contributed by atoms with Gasteiger partial charge >= 0.3 is 0 Å². The minimum absolute atomic E-state index is 0.552. The van der Waals surface area contributed by atoms with Crippen LogP contribution >= 0.6 is 11.6 Å². The van der Waals surface area contributed by atoms with Crippen molar-refractivity contribution in [3.05, 3.63) is 16.5 Å². The number of rotatable bonds is 3. The Morgan fingerprint density at radius 2 is 1.62 bits per heavy atom. The molecule has 2 fully saturated rings. The lowest BCUT2D eigenvalue weighted by atomic mass is 9.96. The van der Waals surface area contributed by atoms with Crippen molar-refractivity contribution in [3.63, 3.8) is 0 Å². The summed E-state index contributed by atoms with van der Waals surface area (Å²) < 4.78 is 0. The van der Waals surface area contributed by atoms with Crippen LogP contribution in [0.3, 0.4) is 0 Å². The van der Waals surface area contributed by atoms with E-state index < -0.39 is 0 Å². The van der Waals surface area contributed by atoms with Gasteiger partial charge in [-0.25, -0.2) is 9.97 Å². The van der Waals surface area contributed by atoms with E-state index in [1.54, 1.807) is 0 Å². The van der Waals surface area contributed by atoms with Gasteiger partial charge < -0.3 is 9.80 Å². The minimum Gasteiger partial charge on any atom is -0.354 e. The second-order valence-corrected chi connectivity index (χ2v) is 6.80. The first kappa shape index (κ1) is 15.0. The van der Waals surface area contributed by atoms with Crippen LogP contribution in [-0.2, 0) is 0 Å². The lowest BCUT2D eigenvalue weighted by Crippen LogP contribution is -2.38. The minimum atomic E-state index is 0.552. The van der Waals surface area contributed by atoms with Crippen LogP contribution in [0.4, 0.5) is 5.82 Å². The molecule has 0 unspecified atom stereocenters. The average molecular weight is 309 g/mol. The summed E-state index contributed by atoms with van der Waals surface area (Å²) in [5, 5.41) is 0.552. The summed E-state index contributed by atoms with van der Waals surface area (Å²) in [7, 11) is 0. The van der Waals surface area contributed by atoms with Gasteiger partial charge in [-0.1, -0.05) is 11.6 Å². The molecule has 116 valence electrons. The number of likely N-dealkylation sites (tertiary alicyclic amines) is 1. The molecule has 5 heteroatoms. The largest absolute Gasteiger partial charge is 0.354 e. The highest BCUT2D eigenvalue weighted by Gasteiger charge is 2.25. The SMILES string of the molecule is Cc1nc(Cl)c(N2CCC(CN3CCCC3)CC2)nc1C. The highest BCUT2D eigenvalue weighted by molar-refractivity contribution is 6.31. The van der Waals surface area contributed by atoms with Crippen LogP contribution in [0.25, 0.3) is 0 Å². The van der Waals surface area contributed by atoms with E-state index in [1.165, 1.54) is 45.3 Å². The molecule has 3 heterocycles. The van der Waals surface area contributed by atoms with Crippen LogP contribution in [0.2, 0.25) is 5.15 Å². The molecule has 0 saturated carbocycles. The number of anilines is 1. The standard InChI is InChI=1S/C16H25ClN4/c1-12-13(2)19-16(15(17)18-12)21-9-5-14(6-10-21)11-20-7-3-4-8-20/h14H,3-11H2,1-2H3. The molecule has 0 aromatic carbocycles. The number of nitrogens with zero attached hydrogens (tertiary/aromatic N) is 4. The van der Waals surface area contributed by atoms with E-state index in [9.17, 15) is 0 Å². The smallest absolute Gasteiger partial charge is 0.171 e. The Kier molecular flexibility index (Phi) is 4.65. The third-order valence-electron chi connectivity index (χ3n) is 4.88. The van der Waals surface area contributed by atoms with Gasteiger partial charge in [0.25, 0.3) is 0 Å². The van der Waals surface area contributed by atoms with Gasteiger partial charge in [0.1, 0.15) is 0 Å². The molecule has 2 aliphatic rings. The van der Waals surface area contributed by atoms with Crippen molar-refractivity contribution in [2.75, 3.05) is 37.6 Å². The van der Waals surface area contributed by atoms with Crippen molar-refractivity contribution in [1.82, 2.24) is 14.9 Å². The molecule has 2 aliphatic heterocycles. The zero-order valence-electron chi connectivity index (χ0n) is 13.1. The van der Waals surface area contributed by atoms with E-state index >= 15 is 0 Å². The third-order valence-corrected chi connectivity index (χ3v) is 5.13. The number of hydrogen-bond donors (Lipinski definition) is 0. The maximum Gasteiger partial charge on any atom is 0.171 e. The highest BCUT2D eigenvalue weighted by atomic mass is 35.5. The van der Waals surface area contributed by atoms with Crippen molar-refractivity contribution in [3.8, 4) is 0 Å². The zero-order chi connectivity index (χ0) is 14.8. The van der Waals surface area contributed by atoms with Gasteiger partial charge in [-0.2, -0.15) is 0 Å². The molecule has 0 radical (unpaired) electrons. The first-order valence-corrected chi connectivity index (χ1v) is 8.49. The number of aryl methyl sites for hydroxylation is 2. The van der Waals surface area contributed by atoms with Gasteiger partial charge in [-0.3, -0.25) is 0 Å². The van der Waals surface area contributed by atoms with Crippen LogP contribution in [0.15, 0.2) is 0 Å². The molecular formula is C16H25ClN4. The summed E-state index contributed by atoms with van der Waals surface area (Å²) in [6.45, 7) is 9.94. The third kappa shape index (κ3) is 3.49. The molecular weight excluding hydrogens is 284 g/mol. The maximum absolute atomic E-state index is 6.29. The van der Waals surface area contributed by atoms with E-state index in [4.69, 9.17) is 11.6 Å². The second-order valence-electron chi connectivity index (χ2n) is 6.45. The lowest BCUT2D eigenvalue weighted by molar-refractivity contribution is 0.249.